The Hall–Kier alpha value is -0.733. The van der Waals surface area contributed by atoms with E-state index in [2.05, 4.69) is 49.8 Å². The predicted octanol–water partition coefficient (Wildman–Crippen LogP) is 4.39. The molecule has 1 heterocycles. The molecule has 1 saturated heterocycles. The van der Waals surface area contributed by atoms with Gasteiger partial charge in [0.05, 0.1) is 13.6 Å². The maximum absolute atomic E-state index is 12.7. The van der Waals surface area contributed by atoms with Crippen molar-refractivity contribution in [3.63, 3.8) is 0 Å². The van der Waals surface area contributed by atoms with E-state index in [1.807, 2.05) is 13.0 Å². The third-order valence-corrected chi connectivity index (χ3v) is 13.8. The van der Waals surface area contributed by atoms with E-state index in [4.69, 9.17) is 14.2 Å². The largest absolute Gasteiger partial charge is 0.456 e. The first-order valence-electron chi connectivity index (χ1n) is 9.64. The molecule has 0 saturated carbocycles. The average Bonchev–Trinajstić information content (AvgIpc) is 2.65. The van der Waals surface area contributed by atoms with E-state index in [-0.39, 0.29) is 11.0 Å². The molecule has 1 aromatic rings. The number of aliphatic hydroxyl groups is 1. The summed E-state index contributed by atoms with van der Waals surface area (Å²) in [6.07, 6.45) is -1.80. The van der Waals surface area contributed by atoms with Gasteiger partial charge in [-0.2, -0.15) is 0 Å². The van der Waals surface area contributed by atoms with Gasteiger partial charge in [-0.1, -0.05) is 74.9 Å². The van der Waals surface area contributed by atoms with E-state index in [9.17, 15) is 9.90 Å². The molecule has 0 aromatic heterocycles. The number of hydrogen-bond donors (Lipinski definition) is 1. The van der Waals surface area contributed by atoms with Crippen molar-refractivity contribution < 1.29 is 24.1 Å². The number of halogens is 1. The maximum Gasteiger partial charge on any atom is 0.338 e. The van der Waals surface area contributed by atoms with Crippen LogP contribution in [0.25, 0.3) is 0 Å². The monoisotopic (exact) mass is 472 g/mol. The van der Waals surface area contributed by atoms with Gasteiger partial charge in [0.25, 0.3) is 0 Å². The van der Waals surface area contributed by atoms with Crippen LogP contribution in [-0.2, 0) is 14.2 Å². The maximum atomic E-state index is 12.7. The summed E-state index contributed by atoms with van der Waals surface area (Å²) < 4.78 is 17.7. The van der Waals surface area contributed by atoms with Gasteiger partial charge in [0.15, 0.2) is 6.29 Å². The van der Waals surface area contributed by atoms with E-state index >= 15 is 0 Å². The van der Waals surface area contributed by atoms with Crippen molar-refractivity contribution in [2.24, 2.45) is 5.92 Å². The van der Waals surface area contributed by atoms with Crippen molar-refractivity contribution in [2.45, 2.75) is 69.5 Å². The summed E-state index contributed by atoms with van der Waals surface area (Å²) in [4.78, 5) is 12.7. The summed E-state index contributed by atoms with van der Waals surface area (Å²) in [6.45, 7) is 12.6. The fourth-order valence-electron chi connectivity index (χ4n) is 3.89. The number of ether oxygens (including phenoxy) is 3. The molecule has 0 radical (unpaired) electrons. The Morgan fingerprint density at radius 1 is 1.29 bits per heavy atom. The molecule has 2 rings (SSSR count). The number of alkyl halides is 1. The standard InChI is InChI=1S/C21H33BrO5Si/c1-14-17(27-18(23)15-11-9-8-10-12-15)16(13-22)26-19(25-5)21(14,24)28(6,7)20(2,3)4/h8-12,14,16-17,19,24H,13H2,1-7H3/t14-,16-,17+,19+,21+/m1/s1. The smallest absolute Gasteiger partial charge is 0.338 e. The van der Waals surface area contributed by atoms with E-state index in [1.54, 1.807) is 31.4 Å². The molecule has 0 amide bonds. The number of carbonyl (C=O) groups excluding carboxylic acids is 1. The fourth-order valence-corrected chi connectivity index (χ4v) is 7.69. The molecule has 7 heteroatoms. The highest BCUT2D eigenvalue weighted by atomic mass is 79.9. The summed E-state index contributed by atoms with van der Waals surface area (Å²) in [5.41, 5.74) is 0.479. The van der Waals surface area contributed by atoms with Crippen LogP contribution >= 0.6 is 15.9 Å². The summed E-state index contributed by atoms with van der Waals surface area (Å²) in [5, 5.41) is 11.1. The Labute approximate surface area is 177 Å². The van der Waals surface area contributed by atoms with E-state index in [1.165, 1.54) is 0 Å². The molecule has 1 fully saturated rings. The van der Waals surface area contributed by atoms with Gasteiger partial charge in [-0.25, -0.2) is 4.79 Å². The average molecular weight is 473 g/mol. The summed E-state index contributed by atoms with van der Waals surface area (Å²) in [5.74, 6) is -0.775. The van der Waals surface area contributed by atoms with Crippen molar-refractivity contribution in [3.05, 3.63) is 35.9 Å². The zero-order chi connectivity index (χ0) is 21.3. The van der Waals surface area contributed by atoms with Crippen molar-refractivity contribution >= 4 is 30.0 Å². The van der Waals surface area contributed by atoms with Crippen LogP contribution < -0.4 is 0 Å². The summed E-state index contributed by atoms with van der Waals surface area (Å²) in [7, 11) is -0.838. The lowest BCUT2D eigenvalue weighted by molar-refractivity contribution is -0.289. The second-order valence-electron chi connectivity index (χ2n) is 9.12. The fraction of sp³-hybridized carbons (Fsp3) is 0.667. The van der Waals surface area contributed by atoms with Crippen LogP contribution in [-0.4, -0.2) is 55.3 Å². The molecule has 1 aromatic carbocycles. The predicted molar refractivity (Wildman–Crippen MR) is 116 cm³/mol. The topological polar surface area (TPSA) is 65.0 Å². The minimum absolute atomic E-state index is 0.120. The Morgan fingerprint density at radius 3 is 2.32 bits per heavy atom. The van der Waals surface area contributed by atoms with Crippen LogP contribution in [0.4, 0.5) is 0 Å². The highest BCUT2D eigenvalue weighted by Gasteiger charge is 2.65. The first-order chi connectivity index (χ1) is 12.9. The van der Waals surface area contributed by atoms with Gasteiger partial charge >= 0.3 is 5.97 Å². The normalized spacial score (nSPS) is 31.5. The van der Waals surface area contributed by atoms with Gasteiger partial charge in [0.1, 0.15) is 17.4 Å². The van der Waals surface area contributed by atoms with Crippen LogP contribution in [0.2, 0.25) is 18.1 Å². The quantitative estimate of drug-likeness (QED) is 0.390. The third kappa shape index (κ3) is 3.96. The van der Waals surface area contributed by atoms with Crippen LogP contribution in [0.5, 0.6) is 0 Å². The van der Waals surface area contributed by atoms with E-state index in [0.717, 1.165) is 0 Å². The Morgan fingerprint density at radius 2 is 1.86 bits per heavy atom. The van der Waals surface area contributed by atoms with Crippen LogP contribution in [0.1, 0.15) is 38.1 Å². The summed E-state index contributed by atoms with van der Waals surface area (Å²) in [6, 6.07) is 8.89. The molecule has 28 heavy (non-hydrogen) atoms. The van der Waals surface area contributed by atoms with Gasteiger partial charge in [0.2, 0.25) is 0 Å². The number of esters is 1. The molecule has 0 spiro atoms. The number of carbonyl (C=O) groups is 1. The van der Waals surface area contributed by atoms with Gasteiger partial charge in [-0.3, -0.25) is 0 Å². The van der Waals surface area contributed by atoms with Crippen molar-refractivity contribution in [1.29, 1.82) is 0 Å². The molecule has 1 N–H and O–H groups in total. The number of benzene rings is 1. The van der Waals surface area contributed by atoms with Gasteiger partial charge in [-0.15, -0.1) is 0 Å². The minimum atomic E-state index is -2.39. The third-order valence-electron chi connectivity index (χ3n) is 6.71. The Bertz CT molecular complexity index is 675. The van der Waals surface area contributed by atoms with E-state index < -0.39 is 37.8 Å². The highest BCUT2D eigenvalue weighted by Crippen LogP contribution is 2.51. The lowest BCUT2D eigenvalue weighted by Crippen LogP contribution is -2.75. The molecular formula is C21H33BrO5Si. The van der Waals surface area contributed by atoms with Gasteiger partial charge < -0.3 is 19.3 Å². The Balaban J connectivity index is 2.44. The first-order valence-corrected chi connectivity index (χ1v) is 13.8. The molecule has 0 aliphatic carbocycles. The molecule has 0 unspecified atom stereocenters. The summed E-state index contributed by atoms with van der Waals surface area (Å²) >= 11 is 3.47. The molecule has 1 aliphatic heterocycles. The number of methoxy groups -OCH3 is 1. The molecular weight excluding hydrogens is 440 g/mol. The number of hydrogen-bond acceptors (Lipinski definition) is 5. The lowest BCUT2D eigenvalue weighted by atomic mass is 9.90. The second kappa shape index (κ2) is 8.56. The van der Waals surface area contributed by atoms with Crippen LogP contribution in [0.15, 0.2) is 30.3 Å². The molecule has 5 atom stereocenters. The van der Waals surface area contributed by atoms with Gasteiger partial charge in [-0.05, 0) is 17.2 Å². The zero-order valence-corrected chi connectivity index (χ0v) is 20.4. The molecule has 0 bridgehead atoms. The molecule has 5 nitrogen and oxygen atoms in total. The minimum Gasteiger partial charge on any atom is -0.456 e. The molecule has 1 aliphatic rings. The highest BCUT2D eigenvalue weighted by molar-refractivity contribution is 9.09. The van der Waals surface area contributed by atoms with E-state index in [0.29, 0.717) is 10.9 Å². The van der Waals surface area contributed by atoms with Crippen LogP contribution in [0, 0.1) is 5.92 Å². The number of rotatable bonds is 5. The SMILES string of the molecule is CO[C@H]1O[C@H](CBr)[C@@H](OC(=O)c2ccccc2)[C@@H](C)[C@]1(O)[Si](C)(C)C(C)(C)C. The Kier molecular flexibility index (Phi) is 7.20. The van der Waals surface area contributed by atoms with Gasteiger partial charge in [0, 0.05) is 18.4 Å². The first kappa shape index (κ1) is 23.5. The lowest BCUT2D eigenvalue weighted by Gasteiger charge is -2.59. The van der Waals surface area contributed by atoms with Crippen molar-refractivity contribution in [3.8, 4) is 0 Å². The second-order valence-corrected chi connectivity index (χ2v) is 15.3. The van der Waals surface area contributed by atoms with Crippen molar-refractivity contribution in [2.75, 3.05) is 12.4 Å². The van der Waals surface area contributed by atoms with Crippen LogP contribution in [0.3, 0.4) is 0 Å². The van der Waals surface area contributed by atoms with Crippen molar-refractivity contribution in [1.82, 2.24) is 0 Å². The zero-order valence-electron chi connectivity index (χ0n) is 17.9. The molecule has 158 valence electrons.